The van der Waals surface area contributed by atoms with E-state index in [1.807, 2.05) is 18.2 Å². The van der Waals surface area contributed by atoms with Crippen LogP contribution in [0.15, 0.2) is 77.9 Å². The van der Waals surface area contributed by atoms with Gasteiger partial charge in [-0.15, -0.1) is 0 Å². The lowest BCUT2D eigenvalue weighted by Crippen LogP contribution is -2.33. The van der Waals surface area contributed by atoms with E-state index in [0.29, 0.717) is 0 Å². The third kappa shape index (κ3) is 2.73. The first-order valence-corrected chi connectivity index (χ1v) is 9.56. The molecule has 0 saturated carbocycles. The van der Waals surface area contributed by atoms with Gasteiger partial charge in [0, 0.05) is 17.5 Å². The van der Waals surface area contributed by atoms with Crippen molar-refractivity contribution in [2.45, 2.75) is 25.6 Å². The number of hydrogen-bond acceptors (Lipinski definition) is 4. The van der Waals surface area contributed by atoms with Gasteiger partial charge in [-0.3, -0.25) is 0 Å². The molecule has 3 aromatic rings. The standard InChI is InChI=1S/C24H22N2O2/c1-16-11-13-18(14-12-16)24-26-21(15-20(25-26)17-7-4-3-5-8-17)19-9-6-10-22(27-2)23(19)28-24/h3-14,21,24H,15H2,1-2H3/t21-,24+/m1/s1. The fourth-order valence-electron chi connectivity index (χ4n) is 4.00. The number of rotatable bonds is 3. The molecule has 2 atom stereocenters. The zero-order valence-electron chi connectivity index (χ0n) is 16.0. The van der Waals surface area contributed by atoms with Crippen LogP contribution in [-0.2, 0) is 0 Å². The summed E-state index contributed by atoms with van der Waals surface area (Å²) >= 11 is 0. The summed E-state index contributed by atoms with van der Waals surface area (Å²) in [6.45, 7) is 2.09. The van der Waals surface area contributed by atoms with Crippen molar-refractivity contribution in [1.29, 1.82) is 0 Å². The highest BCUT2D eigenvalue weighted by Crippen LogP contribution is 2.50. The molecule has 0 fully saturated rings. The minimum Gasteiger partial charge on any atom is -0.493 e. The van der Waals surface area contributed by atoms with Crippen LogP contribution in [0.4, 0.5) is 0 Å². The Hall–Kier alpha value is -3.27. The molecule has 5 rings (SSSR count). The van der Waals surface area contributed by atoms with E-state index in [0.717, 1.165) is 40.3 Å². The van der Waals surface area contributed by atoms with Gasteiger partial charge in [0.1, 0.15) is 0 Å². The van der Waals surface area contributed by atoms with E-state index in [1.165, 1.54) is 5.56 Å². The second kappa shape index (κ2) is 6.71. The molecule has 0 spiro atoms. The molecular formula is C24H22N2O2. The zero-order valence-corrected chi connectivity index (χ0v) is 16.0. The molecule has 0 amide bonds. The van der Waals surface area contributed by atoms with E-state index < -0.39 is 0 Å². The van der Waals surface area contributed by atoms with Gasteiger partial charge >= 0.3 is 0 Å². The summed E-state index contributed by atoms with van der Waals surface area (Å²) in [6, 6.07) is 25.1. The summed E-state index contributed by atoms with van der Waals surface area (Å²) in [5, 5.41) is 7.11. The largest absolute Gasteiger partial charge is 0.493 e. The van der Waals surface area contributed by atoms with Gasteiger partial charge in [-0.05, 0) is 18.6 Å². The topological polar surface area (TPSA) is 34.1 Å². The van der Waals surface area contributed by atoms with Crippen LogP contribution in [0.25, 0.3) is 0 Å². The molecule has 0 aromatic heterocycles. The summed E-state index contributed by atoms with van der Waals surface area (Å²) in [6.07, 6.45) is 0.561. The number of ether oxygens (including phenoxy) is 2. The van der Waals surface area contributed by atoms with E-state index in [1.54, 1.807) is 7.11 Å². The number of hydrazone groups is 1. The van der Waals surface area contributed by atoms with E-state index in [-0.39, 0.29) is 12.3 Å². The van der Waals surface area contributed by atoms with Crippen molar-refractivity contribution in [3.63, 3.8) is 0 Å². The first-order valence-electron chi connectivity index (χ1n) is 9.56. The highest BCUT2D eigenvalue weighted by Gasteiger charge is 2.42. The van der Waals surface area contributed by atoms with Crippen LogP contribution in [0.1, 0.15) is 40.9 Å². The Morgan fingerprint density at radius 1 is 0.964 bits per heavy atom. The highest BCUT2D eigenvalue weighted by atomic mass is 16.5. The average Bonchev–Trinajstić information content (AvgIpc) is 3.20. The first kappa shape index (κ1) is 16.9. The van der Waals surface area contributed by atoms with Gasteiger partial charge in [-0.2, -0.15) is 5.10 Å². The fraction of sp³-hybridized carbons (Fsp3) is 0.208. The van der Waals surface area contributed by atoms with Gasteiger partial charge in [0.2, 0.25) is 6.23 Å². The SMILES string of the molecule is COc1cccc2c1O[C@@H](c1ccc(C)cc1)N1N=C(c3ccccc3)C[C@H]21. The van der Waals surface area contributed by atoms with Crippen molar-refractivity contribution in [3.05, 3.63) is 95.1 Å². The normalized spacial score (nSPS) is 20.1. The molecule has 0 saturated heterocycles. The Kier molecular flexibility index (Phi) is 4.05. The summed E-state index contributed by atoms with van der Waals surface area (Å²) < 4.78 is 12.1. The first-order chi connectivity index (χ1) is 13.7. The van der Waals surface area contributed by atoms with Crippen molar-refractivity contribution < 1.29 is 9.47 Å². The molecule has 0 aliphatic carbocycles. The summed E-state index contributed by atoms with van der Waals surface area (Å²) in [5.74, 6) is 1.59. The molecule has 0 bridgehead atoms. The van der Waals surface area contributed by atoms with Crippen LogP contribution >= 0.6 is 0 Å². The van der Waals surface area contributed by atoms with Gasteiger partial charge in [0.15, 0.2) is 11.5 Å². The second-order valence-electron chi connectivity index (χ2n) is 7.27. The molecule has 0 unspecified atom stereocenters. The number of para-hydroxylation sites is 1. The Morgan fingerprint density at radius 2 is 1.75 bits per heavy atom. The Bertz CT molecular complexity index is 1030. The van der Waals surface area contributed by atoms with E-state index in [9.17, 15) is 0 Å². The van der Waals surface area contributed by atoms with Gasteiger partial charge in [-0.1, -0.05) is 72.3 Å². The third-order valence-corrected chi connectivity index (χ3v) is 5.47. The van der Waals surface area contributed by atoms with Crippen molar-refractivity contribution in [3.8, 4) is 11.5 Å². The number of aryl methyl sites for hydroxylation is 1. The molecule has 3 aromatic carbocycles. The molecule has 140 valence electrons. The summed E-state index contributed by atoms with van der Waals surface area (Å²) in [7, 11) is 1.69. The molecule has 28 heavy (non-hydrogen) atoms. The quantitative estimate of drug-likeness (QED) is 0.632. The Morgan fingerprint density at radius 3 is 2.50 bits per heavy atom. The van der Waals surface area contributed by atoms with Crippen LogP contribution in [-0.4, -0.2) is 17.8 Å². The van der Waals surface area contributed by atoms with Gasteiger partial charge < -0.3 is 9.47 Å². The fourth-order valence-corrected chi connectivity index (χ4v) is 4.00. The highest BCUT2D eigenvalue weighted by molar-refractivity contribution is 6.01. The van der Waals surface area contributed by atoms with E-state index in [2.05, 4.69) is 66.5 Å². The smallest absolute Gasteiger partial charge is 0.214 e. The predicted molar refractivity (Wildman–Crippen MR) is 110 cm³/mol. The number of benzene rings is 3. The molecular weight excluding hydrogens is 348 g/mol. The van der Waals surface area contributed by atoms with Crippen molar-refractivity contribution >= 4 is 5.71 Å². The van der Waals surface area contributed by atoms with Crippen LogP contribution in [0.5, 0.6) is 11.5 Å². The lowest BCUT2D eigenvalue weighted by molar-refractivity contribution is -0.0209. The number of nitrogens with zero attached hydrogens (tertiary/aromatic N) is 2. The van der Waals surface area contributed by atoms with E-state index >= 15 is 0 Å². The minimum atomic E-state index is -0.282. The molecule has 2 aliphatic rings. The number of hydrogen-bond donors (Lipinski definition) is 0. The van der Waals surface area contributed by atoms with Gasteiger partial charge in [0.25, 0.3) is 0 Å². The monoisotopic (exact) mass is 370 g/mol. The second-order valence-corrected chi connectivity index (χ2v) is 7.27. The number of fused-ring (bicyclic) bond motifs is 3. The maximum absolute atomic E-state index is 6.47. The van der Waals surface area contributed by atoms with Crippen molar-refractivity contribution in [1.82, 2.24) is 5.01 Å². The minimum absolute atomic E-state index is 0.125. The Labute approximate surface area is 165 Å². The molecule has 4 nitrogen and oxygen atoms in total. The van der Waals surface area contributed by atoms with Crippen LogP contribution in [0, 0.1) is 6.92 Å². The van der Waals surface area contributed by atoms with Crippen LogP contribution in [0.2, 0.25) is 0 Å². The summed E-state index contributed by atoms with van der Waals surface area (Å²) in [4.78, 5) is 0. The molecule has 2 heterocycles. The van der Waals surface area contributed by atoms with Gasteiger partial charge in [0.05, 0.1) is 18.9 Å². The molecule has 0 radical (unpaired) electrons. The van der Waals surface area contributed by atoms with Gasteiger partial charge in [-0.25, -0.2) is 5.01 Å². The zero-order chi connectivity index (χ0) is 19.1. The average molecular weight is 370 g/mol. The van der Waals surface area contributed by atoms with E-state index in [4.69, 9.17) is 14.6 Å². The maximum atomic E-state index is 6.47. The van der Waals surface area contributed by atoms with Crippen LogP contribution < -0.4 is 9.47 Å². The van der Waals surface area contributed by atoms with Crippen molar-refractivity contribution in [2.24, 2.45) is 5.10 Å². The third-order valence-electron chi connectivity index (χ3n) is 5.47. The molecule has 0 N–H and O–H groups in total. The molecule has 4 heteroatoms. The predicted octanol–water partition coefficient (Wildman–Crippen LogP) is 5.25. The van der Waals surface area contributed by atoms with Crippen molar-refractivity contribution in [2.75, 3.05) is 7.11 Å². The lowest BCUT2D eigenvalue weighted by Gasteiger charge is -2.38. The summed E-state index contributed by atoms with van der Waals surface area (Å²) in [5.41, 5.74) is 5.68. The lowest BCUT2D eigenvalue weighted by atomic mass is 9.95. The maximum Gasteiger partial charge on any atom is 0.214 e. The Balaban J connectivity index is 1.62. The van der Waals surface area contributed by atoms with Crippen LogP contribution in [0.3, 0.4) is 0 Å². The molecule has 2 aliphatic heterocycles. The number of methoxy groups -OCH3 is 1.